The van der Waals surface area contributed by atoms with Gasteiger partial charge in [-0.3, -0.25) is 4.79 Å². The van der Waals surface area contributed by atoms with Crippen LogP contribution in [0.4, 0.5) is 0 Å². The molecule has 0 N–H and O–H groups in total. The fourth-order valence-corrected chi connectivity index (χ4v) is 2.65. The van der Waals surface area contributed by atoms with Gasteiger partial charge in [0, 0.05) is 13.1 Å². The quantitative estimate of drug-likeness (QED) is 0.756. The molecular weight excluding hydrogens is 224 g/mol. The van der Waals surface area contributed by atoms with Gasteiger partial charge in [-0.15, -0.1) is 0 Å². The van der Waals surface area contributed by atoms with Crippen molar-refractivity contribution in [3.05, 3.63) is 0 Å². The Balaban J connectivity index is 2.58. The van der Waals surface area contributed by atoms with E-state index in [1.165, 1.54) is 0 Å². The molecule has 0 spiro atoms. The van der Waals surface area contributed by atoms with Crippen molar-refractivity contribution in [2.45, 2.75) is 47.5 Å². The number of amides is 1. The van der Waals surface area contributed by atoms with Crippen LogP contribution in [0.5, 0.6) is 0 Å². The molecule has 1 fully saturated rings. The van der Waals surface area contributed by atoms with Gasteiger partial charge in [-0.1, -0.05) is 34.6 Å². The maximum Gasteiger partial charge on any atom is 0.240 e. The van der Waals surface area contributed by atoms with Crippen LogP contribution in [0, 0.1) is 34.5 Å². The summed E-state index contributed by atoms with van der Waals surface area (Å²) in [5.41, 5.74) is 0.321. The van der Waals surface area contributed by atoms with Gasteiger partial charge in [-0.25, -0.2) is 0 Å². The Morgan fingerprint density at radius 2 is 1.78 bits per heavy atom. The lowest BCUT2D eigenvalue weighted by Crippen LogP contribution is -2.44. The highest BCUT2D eigenvalue weighted by Crippen LogP contribution is 2.34. The third-order valence-corrected chi connectivity index (χ3v) is 4.10. The lowest BCUT2D eigenvalue weighted by Gasteiger charge is -2.39. The first-order chi connectivity index (χ1) is 8.27. The van der Waals surface area contributed by atoms with Gasteiger partial charge in [0.15, 0.2) is 0 Å². The minimum atomic E-state index is -0.476. The van der Waals surface area contributed by atoms with Gasteiger partial charge in [0.25, 0.3) is 0 Å². The second kappa shape index (κ2) is 5.73. The summed E-state index contributed by atoms with van der Waals surface area (Å²) in [6.07, 6.45) is 2.12. The summed E-state index contributed by atoms with van der Waals surface area (Å²) in [7, 11) is 0. The Bertz CT molecular complexity index is 327. The van der Waals surface area contributed by atoms with Crippen LogP contribution in [0.25, 0.3) is 0 Å². The largest absolute Gasteiger partial charge is 0.342 e. The molecule has 0 bridgehead atoms. The van der Waals surface area contributed by atoms with E-state index in [1.807, 2.05) is 18.7 Å². The topological polar surface area (TPSA) is 44.1 Å². The Kier molecular flexibility index (Phi) is 4.78. The molecule has 3 heteroatoms. The van der Waals surface area contributed by atoms with Crippen molar-refractivity contribution in [1.82, 2.24) is 4.90 Å². The molecule has 1 atom stereocenters. The van der Waals surface area contributed by atoms with E-state index in [-0.39, 0.29) is 11.8 Å². The zero-order valence-corrected chi connectivity index (χ0v) is 12.4. The molecular formula is C15H26N2O. The minimum Gasteiger partial charge on any atom is -0.342 e. The van der Waals surface area contributed by atoms with Crippen molar-refractivity contribution in [2.75, 3.05) is 13.1 Å². The van der Waals surface area contributed by atoms with E-state index in [4.69, 9.17) is 5.26 Å². The summed E-state index contributed by atoms with van der Waals surface area (Å²) < 4.78 is 0. The number of rotatable bonds is 2. The smallest absolute Gasteiger partial charge is 0.240 e. The van der Waals surface area contributed by atoms with E-state index in [1.54, 1.807) is 0 Å². The normalized spacial score (nSPS) is 19.7. The molecule has 18 heavy (non-hydrogen) atoms. The Morgan fingerprint density at radius 1 is 1.28 bits per heavy atom. The summed E-state index contributed by atoms with van der Waals surface area (Å²) in [6.45, 7) is 12.3. The highest BCUT2D eigenvalue weighted by molar-refractivity contribution is 5.81. The molecule has 1 heterocycles. The first kappa shape index (κ1) is 15.0. The maximum absolute atomic E-state index is 12.2. The van der Waals surface area contributed by atoms with Crippen LogP contribution < -0.4 is 0 Å². The van der Waals surface area contributed by atoms with E-state index < -0.39 is 5.92 Å². The van der Waals surface area contributed by atoms with Crippen molar-refractivity contribution < 1.29 is 4.79 Å². The maximum atomic E-state index is 12.2. The van der Waals surface area contributed by atoms with E-state index in [0.717, 1.165) is 25.9 Å². The van der Waals surface area contributed by atoms with Crippen molar-refractivity contribution in [3.63, 3.8) is 0 Å². The molecule has 0 aromatic heterocycles. The third-order valence-electron chi connectivity index (χ3n) is 4.10. The summed E-state index contributed by atoms with van der Waals surface area (Å²) in [5, 5.41) is 9.08. The van der Waals surface area contributed by atoms with Crippen LogP contribution in [0.15, 0.2) is 0 Å². The first-order valence-electron chi connectivity index (χ1n) is 6.95. The molecule has 1 rings (SSSR count). The predicted octanol–water partition coefficient (Wildman–Crippen LogP) is 3.07. The molecule has 3 nitrogen and oxygen atoms in total. The Hall–Kier alpha value is -1.04. The number of carbonyl (C=O) groups excluding carboxylic acids is 1. The molecule has 1 aliphatic heterocycles. The molecule has 0 aromatic rings. The van der Waals surface area contributed by atoms with E-state index in [0.29, 0.717) is 11.3 Å². The number of likely N-dealkylation sites (tertiary alicyclic amines) is 1. The van der Waals surface area contributed by atoms with Crippen LogP contribution in [-0.4, -0.2) is 23.9 Å². The van der Waals surface area contributed by atoms with Crippen molar-refractivity contribution in [1.29, 1.82) is 5.26 Å². The van der Waals surface area contributed by atoms with Crippen molar-refractivity contribution in [3.8, 4) is 6.07 Å². The third kappa shape index (κ3) is 3.48. The van der Waals surface area contributed by atoms with Crippen LogP contribution in [0.1, 0.15) is 47.5 Å². The Morgan fingerprint density at radius 3 is 2.11 bits per heavy atom. The number of piperidine rings is 1. The Labute approximate surface area is 111 Å². The molecule has 0 saturated carbocycles. The lowest BCUT2D eigenvalue weighted by molar-refractivity contribution is -0.136. The molecule has 1 amide bonds. The van der Waals surface area contributed by atoms with E-state index in [2.05, 4.69) is 26.8 Å². The number of carbonyl (C=O) groups is 1. The fourth-order valence-electron chi connectivity index (χ4n) is 2.65. The second-order valence-corrected chi connectivity index (χ2v) is 6.82. The van der Waals surface area contributed by atoms with Gasteiger partial charge in [-0.2, -0.15) is 5.26 Å². The number of nitrogens with zero attached hydrogens (tertiary/aromatic N) is 2. The standard InChI is InChI=1S/C15H26N2O/c1-11(2)13(10-16)14(18)17-8-6-12(7-9-17)15(3,4)5/h11-13H,6-9H2,1-5H3. The summed E-state index contributed by atoms with van der Waals surface area (Å²) in [5.74, 6) is 0.333. The molecule has 1 unspecified atom stereocenters. The van der Waals surface area contributed by atoms with E-state index in [9.17, 15) is 4.79 Å². The van der Waals surface area contributed by atoms with Crippen LogP contribution in [-0.2, 0) is 4.79 Å². The highest BCUT2D eigenvalue weighted by atomic mass is 16.2. The molecule has 1 aliphatic rings. The predicted molar refractivity (Wildman–Crippen MR) is 72.7 cm³/mol. The van der Waals surface area contributed by atoms with Crippen LogP contribution in [0.3, 0.4) is 0 Å². The van der Waals surface area contributed by atoms with Gasteiger partial charge in [0.1, 0.15) is 5.92 Å². The van der Waals surface area contributed by atoms with Crippen molar-refractivity contribution >= 4 is 5.91 Å². The number of hydrogen-bond donors (Lipinski definition) is 0. The summed E-state index contributed by atoms with van der Waals surface area (Å²) in [4.78, 5) is 14.1. The zero-order chi connectivity index (χ0) is 13.9. The van der Waals surface area contributed by atoms with Crippen LogP contribution in [0.2, 0.25) is 0 Å². The number of nitriles is 1. The van der Waals surface area contributed by atoms with Gasteiger partial charge >= 0.3 is 0 Å². The highest BCUT2D eigenvalue weighted by Gasteiger charge is 2.33. The summed E-state index contributed by atoms with van der Waals surface area (Å²) in [6, 6.07) is 2.15. The second-order valence-electron chi connectivity index (χ2n) is 6.82. The average molecular weight is 250 g/mol. The zero-order valence-electron chi connectivity index (χ0n) is 12.4. The van der Waals surface area contributed by atoms with Crippen LogP contribution >= 0.6 is 0 Å². The molecule has 0 aromatic carbocycles. The molecule has 0 aliphatic carbocycles. The number of hydrogen-bond acceptors (Lipinski definition) is 2. The van der Waals surface area contributed by atoms with Crippen molar-refractivity contribution in [2.24, 2.45) is 23.2 Å². The molecule has 102 valence electrons. The average Bonchev–Trinajstić information content (AvgIpc) is 2.28. The summed E-state index contributed by atoms with van der Waals surface area (Å²) >= 11 is 0. The van der Waals surface area contributed by atoms with Gasteiger partial charge in [0.05, 0.1) is 6.07 Å². The van der Waals surface area contributed by atoms with Gasteiger partial charge in [-0.05, 0) is 30.1 Å². The van der Waals surface area contributed by atoms with Gasteiger partial charge in [0.2, 0.25) is 5.91 Å². The fraction of sp³-hybridized carbons (Fsp3) is 0.867. The first-order valence-corrected chi connectivity index (χ1v) is 6.95. The SMILES string of the molecule is CC(C)C(C#N)C(=O)N1CCC(C(C)(C)C)CC1. The van der Waals surface area contributed by atoms with Gasteiger partial charge < -0.3 is 4.90 Å². The minimum absolute atomic E-state index is 0.0276. The monoisotopic (exact) mass is 250 g/mol. The van der Waals surface area contributed by atoms with E-state index >= 15 is 0 Å². The lowest BCUT2D eigenvalue weighted by atomic mass is 9.75. The molecule has 0 radical (unpaired) electrons. The molecule has 1 saturated heterocycles.